The van der Waals surface area contributed by atoms with Crippen LogP contribution in [0.1, 0.15) is 0 Å². The molecule has 2 rings (SSSR count). The molecule has 4 nitrogen and oxygen atoms in total. The van der Waals surface area contributed by atoms with Crippen molar-refractivity contribution in [2.24, 2.45) is 0 Å². The van der Waals surface area contributed by atoms with Gasteiger partial charge in [0.1, 0.15) is 0 Å². The van der Waals surface area contributed by atoms with E-state index in [0.717, 1.165) is 17.1 Å². The maximum atomic E-state index is 11.9. The molecule has 0 heterocycles. The number of benzene rings is 2. The van der Waals surface area contributed by atoms with Crippen LogP contribution in [0.2, 0.25) is 0 Å². The topological polar surface area (TPSA) is 44.4 Å². The Hall–Kier alpha value is -2.49. The molecule has 0 aromatic heterocycles. The summed E-state index contributed by atoms with van der Waals surface area (Å²) in [5.74, 6) is -0.0650. The zero-order valence-corrected chi connectivity index (χ0v) is 11.8. The normalized spacial score (nSPS) is 9.90. The number of nitrogens with zero attached hydrogens (tertiary/aromatic N) is 1. The summed E-state index contributed by atoms with van der Waals surface area (Å²) >= 11 is 0. The minimum atomic E-state index is -0.0650. The monoisotopic (exact) mass is 269 g/mol. The van der Waals surface area contributed by atoms with E-state index >= 15 is 0 Å². The van der Waals surface area contributed by atoms with Crippen LogP contribution in [0.25, 0.3) is 0 Å². The van der Waals surface area contributed by atoms with Crippen LogP contribution >= 0.6 is 0 Å². The van der Waals surface area contributed by atoms with E-state index in [9.17, 15) is 4.79 Å². The van der Waals surface area contributed by atoms with Crippen LogP contribution in [0.15, 0.2) is 54.6 Å². The lowest BCUT2D eigenvalue weighted by Crippen LogP contribution is -2.21. The van der Waals surface area contributed by atoms with Gasteiger partial charge in [-0.3, -0.25) is 4.79 Å². The number of hydrogen-bond acceptors (Lipinski definition) is 3. The first-order valence-electron chi connectivity index (χ1n) is 6.51. The van der Waals surface area contributed by atoms with Crippen LogP contribution in [0.5, 0.6) is 0 Å². The van der Waals surface area contributed by atoms with Gasteiger partial charge in [0.05, 0.1) is 6.54 Å². The number of anilines is 3. The molecule has 2 aromatic carbocycles. The van der Waals surface area contributed by atoms with Gasteiger partial charge < -0.3 is 15.5 Å². The Labute approximate surface area is 119 Å². The van der Waals surface area contributed by atoms with E-state index < -0.39 is 0 Å². The molecule has 0 aliphatic heterocycles. The van der Waals surface area contributed by atoms with Gasteiger partial charge in [0.2, 0.25) is 5.91 Å². The first-order chi connectivity index (χ1) is 9.65. The van der Waals surface area contributed by atoms with Crippen molar-refractivity contribution in [2.45, 2.75) is 0 Å². The Kier molecular flexibility index (Phi) is 4.60. The van der Waals surface area contributed by atoms with Crippen LogP contribution in [0.4, 0.5) is 17.1 Å². The van der Waals surface area contributed by atoms with E-state index in [-0.39, 0.29) is 12.5 Å². The molecule has 0 fully saturated rings. The molecular formula is C16H19N3O. The summed E-state index contributed by atoms with van der Waals surface area (Å²) in [5.41, 5.74) is 2.79. The molecule has 0 aliphatic carbocycles. The summed E-state index contributed by atoms with van der Waals surface area (Å²) < 4.78 is 0. The van der Waals surface area contributed by atoms with E-state index in [1.807, 2.05) is 73.6 Å². The second-order valence-corrected chi connectivity index (χ2v) is 4.71. The molecule has 1 amide bonds. The molecule has 0 bridgehead atoms. The van der Waals surface area contributed by atoms with Crippen LogP contribution < -0.4 is 15.5 Å². The summed E-state index contributed by atoms with van der Waals surface area (Å²) in [7, 11) is 3.94. The van der Waals surface area contributed by atoms with Gasteiger partial charge >= 0.3 is 0 Å². The lowest BCUT2D eigenvalue weighted by Gasteiger charge is -2.14. The quantitative estimate of drug-likeness (QED) is 0.877. The lowest BCUT2D eigenvalue weighted by atomic mass is 10.2. The van der Waals surface area contributed by atoms with Gasteiger partial charge in [0.25, 0.3) is 0 Å². The predicted octanol–water partition coefficient (Wildman–Crippen LogP) is 2.80. The van der Waals surface area contributed by atoms with Gasteiger partial charge in [-0.05, 0) is 30.3 Å². The standard InChI is InChI=1S/C16H19N3O/c1-19(2)15-10-6-9-14(11-15)18-16(20)12-17-13-7-4-3-5-8-13/h3-11,17H,12H2,1-2H3,(H,18,20). The predicted molar refractivity (Wildman–Crippen MR) is 84.3 cm³/mol. The first-order valence-corrected chi connectivity index (χ1v) is 6.51. The van der Waals surface area contributed by atoms with Gasteiger partial charge in [-0.2, -0.15) is 0 Å². The molecule has 0 saturated carbocycles. The zero-order valence-electron chi connectivity index (χ0n) is 11.8. The van der Waals surface area contributed by atoms with E-state index in [1.165, 1.54) is 0 Å². The summed E-state index contributed by atoms with van der Waals surface area (Å²) in [4.78, 5) is 13.9. The van der Waals surface area contributed by atoms with Crippen LogP contribution in [0, 0.1) is 0 Å². The van der Waals surface area contributed by atoms with Gasteiger partial charge in [-0.25, -0.2) is 0 Å². The fourth-order valence-corrected chi connectivity index (χ4v) is 1.81. The Bertz CT molecular complexity index is 567. The lowest BCUT2D eigenvalue weighted by molar-refractivity contribution is -0.114. The minimum Gasteiger partial charge on any atom is -0.378 e. The van der Waals surface area contributed by atoms with Crippen molar-refractivity contribution in [3.8, 4) is 0 Å². The zero-order chi connectivity index (χ0) is 14.4. The van der Waals surface area contributed by atoms with E-state index in [4.69, 9.17) is 0 Å². The molecule has 0 spiro atoms. The smallest absolute Gasteiger partial charge is 0.243 e. The maximum Gasteiger partial charge on any atom is 0.243 e. The average Bonchev–Trinajstić information content (AvgIpc) is 2.46. The van der Waals surface area contributed by atoms with E-state index in [0.29, 0.717) is 0 Å². The van der Waals surface area contributed by atoms with Crippen molar-refractivity contribution >= 4 is 23.0 Å². The third-order valence-electron chi connectivity index (χ3n) is 2.87. The highest BCUT2D eigenvalue weighted by molar-refractivity contribution is 5.94. The molecule has 4 heteroatoms. The molecule has 0 radical (unpaired) electrons. The van der Waals surface area contributed by atoms with Crippen LogP contribution in [0.3, 0.4) is 0 Å². The largest absolute Gasteiger partial charge is 0.378 e. The van der Waals surface area contributed by atoms with E-state index in [2.05, 4.69) is 10.6 Å². The number of amides is 1. The summed E-state index contributed by atoms with van der Waals surface area (Å²) in [6, 6.07) is 17.4. The summed E-state index contributed by atoms with van der Waals surface area (Å²) in [6.07, 6.45) is 0. The molecule has 2 N–H and O–H groups in total. The van der Waals surface area contributed by atoms with Crippen molar-refractivity contribution in [3.05, 3.63) is 54.6 Å². The van der Waals surface area contributed by atoms with Crippen molar-refractivity contribution < 1.29 is 4.79 Å². The van der Waals surface area contributed by atoms with Gasteiger partial charge in [0.15, 0.2) is 0 Å². The Morgan fingerprint density at radius 1 is 1.00 bits per heavy atom. The number of rotatable bonds is 5. The molecule has 20 heavy (non-hydrogen) atoms. The Morgan fingerprint density at radius 3 is 2.40 bits per heavy atom. The summed E-state index contributed by atoms with van der Waals surface area (Å²) in [6.45, 7) is 0.246. The maximum absolute atomic E-state index is 11.9. The van der Waals surface area contributed by atoms with Gasteiger partial charge in [0, 0.05) is 31.2 Å². The van der Waals surface area contributed by atoms with Crippen LogP contribution in [-0.2, 0) is 4.79 Å². The molecule has 0 unspecified atom stereocenters. The number of hydrogen-bond donors (Lipinski definition) is 2. The molecule has 0 aliphatic rings. The van der Waals surface area contributed by atoms with Crippen molar-refractivity contribution in [3.63, 3.8) is 0 Å². The number of para-hydroxylation sites is 1. The Balaban J connectivity index is 1.90. The first kappa shape index (κ1) is 13.9. The third kappa shape index (κ3) is 4.02. The minimum absolute atomic E-state index is 0.0650. The molecular weight excluding hydrogens is 250 g/mol. The Morgan fingerprint density at radius 2 is 1.70 bits per heavy atom. The fourth-order valence-electron chi connectivity index (χ4n) is 1.81. The molecule has 2 aromatic rings. The molecule has 0 atom stereocenters. The second kappa shape index (κ2) is 6.61. The van der Waals surface area contributed by atoms with Gasteiger partial charge in [-0.1, -0.05) is 24.3 Å². The van der Waals surface area contributed by atoms with Crippen molar-refractivity contribution in [2.75, 3.05) is 36.2 Å². The fraction of sp³-hybridized carbons (Fsp3) is 0.188. The third-order valence-corrected chi connectivity index (χ3v) is 2.87. The highest BCUT2D eigenvalue weighted by Crippen LogP contribution is 2.17. The SMILES string of the molecule is CN(C)c1cccc(NC(=O)CNc2ccccc2)c1. The average molecular weight is 269 g/mol. The highest BCUT2D eigenvalue weighted by atomic mass is 16.1. The number of nitrogens with one attached hydrogen (secondary N) is 2. The highest BCUT2D eigenvalue weighted by Gasteiger charge is 2.03. The second-order valence-electron chi connectivity index (χ2n) is 4.71. The number of carbonyl (C=O) groups is 1. The molecule has 104 valence electrons. The summed E-state index contributed by atoms with van der Waals surface area (Å²) in [5, 5.41) is 5.96. The van der Waals surface area contributed by atoms with Crippen LogP contribution in [-0.4, -0.2) is 26.5 Å². The number of carbonyl (C=O) groups excluding carboxylic acids is 1. The molecule has 0 saturated heterocycles. The van der Waals surface area contributed by atoms with E-state index in [1.54, 1.807) is 0 Å². The van der Waals surface area contributed by atoms with Crippen molar-refractivity contribution in [1.82, 2.24) is 0 Å². The van der Waals surface area contributed by atoms with Gasteiger partial charge in [-0.15, -0.1) is 0 Å². The van der Waals surface area contributed by atoms with Crippen molar-refractivity contribution in [1.29, 1.82) is 0 Å².